The van der Waals surface area contributed by atoms with Crippen LogP contribution in [0.3, 0.4) is 0 Å². The highest BCUT2D eigenvalue weighted by Gasteiger charge is 2.41. The Hall–Kier alpha value is -0.690. The lowest BCUT2D eigenvalue weighted by Gasteiger charge is -2.40. The fourth-order valence-electron chi connectivity index (χ4n) is 1.32. The molecule has 4 unspecified atom stereocenters. The molecule has 0 aliphatic carbocycles. The maximum atomic E-state index is 10.9. The van der Waals surface area contributed by atoms with E-state index in [0.29, 0.717) is 0 Å². The van der Waals surface area contributed by atoms with E-state index in [1.54, 1.807) is 0 Å². The fraction of sp³-hybridized carbons (Fsp3) is 0.857. The lowest BCUT2D eigenvalue weighted by Crippen LogP contribution is -2.62. The molecule has 1 saturated heterocycles. The number of amides is 1. The number of aliphatic hydroxyl groups excluding tert-OH is 4. The van der Waals surface area contributed by atoms with E-state index in [-0.39, 0.29) is 6.54 Å². The van der Waals surface area contributed by atoms with Crippen LogP contribution in [0.2, 0.25) is 0 Å². The third kappa shape index (κ3) is 1.80. The summed E-state index contributed by atoms with van der Waals surface area (Å²) in [6.45, 7) is 1.04. The minimum atomic E-state index is -1.52. The van der Waals surface area contributed by atoms with Crippen LogP contribution >= 0.6 is 0 Å². The van der Waals surface area contributed by atoms with Gasteiger partial charge in [0.1, 0.15) is 18.3 Å². The van der Waals surface area contributed by atoms with E-state index in [2.05, 4.69) is 0 Å². The molecule has 6 nitrogen and oxygen atoms in total. The van der Waals surface area contributed by atoms with E-state index in [9.17, 15) is 20.1 Å². The summed E-state index contributed by atoms with van der Waals surface area (Å²) in [6, 6.07) is 0. The zero-order valence-electron chi connectivity index (χ0n) is 7.16. The third-order valence-electron chi connectivity index (χ3n) is 2.16. The first-order valence-corrected chi connectivity index (χ1v) is 3.94. The van der Waals surface area contributed by atoms with Gasteiger partial charge in [0.2, 0.25) is 5.91 Å². The van der Waals surface area contributed by atoms with Crippen molar-refractivity contribution in [1.29, 1.82) is 0 Å². The van der Waals surface area contributed by atoms with Gasteiger partial charge in [-0.25, -0.2) is 0 Å². The molecule has 4 atom stereocenters. The summed E-state index contributed by atoms with van der Waals surface area (Å²) in [5.41, 5.74) is 0. The van der Waals surface area contributed by atoms with Crippen molar-refractivity contribution in [3.05, 3.63) is 0 Å². The number of rotatable bonds is 0. The van der Waals surface area contributed by atoms with E-state index in [1.807, 2.05) is 0 Å². The van der Waals surface area contributed by atoms with Crippen LogP contribution in [0.25, 0.3) is 0 Å². The van der Waals surface area contributed by atoms with Gasteiger partial charge in [-0.15, -0.1) is 0 Å². The molecule has 0 bridgehead atoms. The van der Waals surface area contributed by atoms with Gasteiger partial charge in [-0.2, -0.15) is 0 Å². The van der Waals surface area contributed by atoms with Crippen LogP contribution in [0.1, 0.15) is 6.92 Å². The van der Waals surface area contributed by atoms with Gasteiger partial charge in [-0.1, -0.05) is 0 Å². The molecule has 0 aromatic heterocycles. The Labute approximate surface area is 75.0 Å². The molecule has 76 valence electrons. The number of likely N-dealkylation sites (tertiary alicyclic amines) is 1. The maximum absolute atomic E-state index is 10.9. The summed E-state index contributed by atoms with van der Waals surface area (Å²) >= 11 is 0. The highest BCUT2D eigenvalue weighted by molar-refractivity contribution is 5.73. The summed E-state index contributed by atoms with van der Waals surface area (Å²) in [4.78, 5) is 11.8. The van der Waals surface area contributed by atoms with Crippen molar-refractivity contribution in [2.75, 3.05) is 6.54 Å². The van der Waals surface area contributed by atoms with Crippen molar-refractivity contribution in [3.8, 4) is 0 Å². The van der Waals surface area contributed by atoms with Gasteiger partial charge in [0.15, 0.2) is 6.23 Å². The summed E-state index contributed by atoms with van der Waals surface area (Å²) < 4.78 is 0. The average Bonchev–Trinajstić information content (AvgIpc) is 2.07. The zero-order valence-corrected chi connectivity index (χ0v) is 7.16. The fourth-order valence-corrected chi connectivity index (χ4v) is 1.32. The third-order valence-corrected chi connectivity index (χ3v) is 2.16. The minimum absolute atomic E-state index is 0.172. The molecule has 0 radical (unpaired) electrons. The summed E-state index contributed by atoms with van der Waals surface area (Å²) in [5, 5.41) is 36.8. The van der Waals surface area contributed by atoms with Crippen LogP contribution in [0.4, 0.5) is 0 Å². The Balaban J connectivity index is 2.76. The second-order valence-corrected chi connectivity index (χ2v) is 3.13. The molecule has 1 rings (SSSR count). The number of carbonyl (C=O) groups excluding carboxylic acids is 1. The van der Waals surface area contributed by atoms with Crippen LogP contribution in [0, 0.1) is 0 Å². The van der Waals surface area contributed by atoms with Crippen molar-refractivity contribution in [3.63, 3.8) is 0 Å². The molecule has 0 aromatic rings. The quantitative estimate of drug-likeness (QED) is 0.332. The number of nitrogens with zero attached hydrogens (tertiary/aromatic N) is 1. The highest BCUT2D eigenvalue weighted by atomic mass is 16.4. The number of hydrogen-bond acceptors (Lipinski definition) is 5. The number of piperidine rings is 1. The van der Waals surface area contributed by atoms with Gasteiger partial charge in [-0.05, 0) is 0 Å². The van der Waals surface area contributed by atoms with Gasteiger partial charge >= 0.3 is 0 Å². The molecule has 13 heavy (non-hydrogen) atoms. The molecule has 1 amide bonds. The molecule has 1 heterocycles. The molecule has 4 N–H and O–H groups in total. The van der Waals surface area contributed by atoms with Crippen LogP contribution in [0.15, 0.2) is 0 Å². The zero-order chi connectivity index (χ0) is 10.2. The number of hydrogen-bond donors (Lipinski definition) is 4. The molecule has 1 aliphatic rings. The summed E-state index contributed by atoms with van der Waals surface area (Å²) in [5.74, 6) is -0.461. The molecule has 0 saturated carbocycles. The van der Waals surface area contributed by atoms with Gasteiger partial charge in [0, 0.05) is 6.92 Å². The lowest BCUT2D eigenvalue weighted by atomic mass is 10.0. The normalized spacial score (nSPS) is 40.5. The smallest absolute Gasteiger partial charge is 0.221 e. The van der Waals surface area contributed by atoms with Gasteiger partial charge < -0.3 is 25.3 Å². The van der Waals surface area contributed by atoms with Gasteiger partial charge in [0.25, 0.3) is 0 Å². The van der Waals surface area contributed by atoms with Crippen molar-refractivity contribution in [2.45, 2.75) is 31.5 Å². The Morgan fingerprint density at radius 3 is 2.23 bits per heavy atom. The first-order chi connectivity index (χ1) is 5.95. The molecule has 0 spiro atoms. The van der Waals surface area contributed by atoms with Gasteiger partial charge in [-0.3, -0.25) is 4.79 Å². The molecule has 1 fully saturated rings. The first kappa shape index (κ1) is 10.4. The van der Waals surface area contributed by atoms with Crippen molar-refractivity contribution < 1.29 is 25.2 Å². The number of aliphatic hydroxyl groups is 4. The number of carbonyl (C=O) groups is 1. The summed E-state index contributed by atoms with van der Waals surface area (Å²) in [7, 11) is 0. The maximum Gasteiger partial charge on any atom is 0.221 e. The Kier molecular flexibility index (Phi) is 2.87. The van der Waals surface area contributed by atoms with Crippen LogP contribution < -0.4 is 0 Å². The standard InChI is InChI=1S/C7H13NO5/c1-3(9)8-2-4(10)5(11)6(12)7(8)13/h4-7,10-13H,2H2,1H3. The summed E-state index contributed by atoms with van der Waals surface area (Å²) in [6.07, 6.45) is -5.60. The Morgan fingerprint density at radius 1 is 1.23 bits per heavy atom. The van der Waals surface area contributed by atoms with Crippen molar-refractivity contribution >= 4 is 5.91 Å². The Morgan fingerprint density at radius 2 is 1.77 bits per heavy atom. The van der Waals surface area contributed by atoms with E-state index < -0.39 is 30.4 Å². The van der Waals surface area contributed by atoms with Crippen LogP contribution in [-0.2, 0) is 4.79 Å². The average molecular weight is 191 g/mol. The van der Waals surface area contributed by atoms with Crippen LogP contribution in [-0.4, -0.2) is 62.3 Å². The SMILES string of the molecule is CC(=O)N1CC(O)C(O)C(O)C1O. The van der Waals surface area contributed by atoms with E-state index in [0.717, 1.165) is 4.90 Å². The second kappa shape index (κ2) is 3.59. The molecular weight excluding hydrogens is 178 g/mol. The predicted octanol–water partition coefficient (Wildman–Crippen LogP) is -2.75. The van der Waals surface area contributed by atoms with E-state index in [1.165, 1.54) is 6.92 Å². The van der Waals surface area contributed by atoms with Gasteiger partial charge in [0.05, 0.1) is 6.54 Å². The topological polar surface area (TPSA) is 101 Å². The predicted molar refractivity (Wildman–Crippen MR) is 41.4 cm³/mol. The number of β-amino-alcohol motifs (C(OH)–C–C–N with tert-alkyl or cyclic N) is 1. The lowest BCUT2D eigenvalue weighted by molar-refractivity contribution is -0.198. The molecule has 6 heteroatoms. The van der Waals surface area contributed by atoms with Crippen LogP contribution in [0.5, 0.6) is 0 Å². The first-order valence-electron chi connectivity index (χ1n) is 3.94. The highest BCUT2D eigenvalue weighted by Crippen LogP contribution is 2.16. The molecule has 0 aromatic carbocycles. The molecular formula is C7H13NO5. The minimum Gasteiger partial charge on any atom is -0.388 e. The largest absolute Gasteiger partial charge is 0.388 e. The van der Waals surface area contributed by atoms with E-state index in [4.69, 9.17) is 5.11 Å². The second-order valence-electron chi connectivity index (χ2n) is 3.13. The van der Waals surface area contributed by atoms with Crippen molar-refractivity contribution in [1.82, 2.24) is 4.90 Å². The molecule has 1 aliphatic heterocycles. The van der Waals surface area contributed by atoms with E-state index >= 15 is 0 Å². The Bertz CT molecular complexity index is 209. The monoisotopic (exact) mass is 191 g/mol. The van der Waals surface area contributed by atoms with Crippen molar-refractivity contribution in [2.24, 2.45) is 0 Å².